The van der Waals surface area contributed by atoms with Crippen molar-refractivity contribution in [2.24, 2.45) is 0 Å². The maximum absolute atomic E-state index is 12.8. The summed E-state index contributed by atoms with van der Waals surface area (Å²) in [6.45, 7) is 4.38. The number of nitrogens with zero attached hydrogens (tertiary/aromatic N) is 2. The molecule has 188 valence electrons. The second-order valence-corrected chi connectivity index (χ2v) is 9.95. The first-order chi connectivity index (χ1) is 17.9. The number of aromatic nitrogens is 1. The summed E-state index contributed by atoms with van der Waals surface area (Å²) in [6.07, 6.45) is 2.03. The number of thiocarbonyl (C=S) groups is 1. The maximum Gasteiger partial charge on any atom is 0.226 e. The molecule has 5 rings (SSSR count). The fourth-order valence-corrected chi connectivity index (χ4v) is 5.05. The van der Waals surface area contributed by atoms with E-state index < -0.39 is 0 Å². The molecule has 1 amide bonds. The van der Waals surface area contributed by atoms with Gasteiger partial charge in [0.05, 0.1) is 11.7 Å². The van der Waals surface area contributed by atoms with Crippen LogP contribution in [0.15, 0.2) is 83.4 Å². The van der Waals surface area contributed by atoms with Crippen LogP contribution in [0.2, 0.25) is 5.02 Å². The van der Waals surface area contributed by atoms with Gasteiger partial charge in [0.1, 0.15) is 17.6 Å². The molecule has 0 bridgehead atoms. The highest BCUT2D eigenvalue weighted by Gasteiger charge is 2.41. The molecule has 2 atom stereocenters. The van der Waals surface area contributed by atoms with Gasteiger partial charge in [0.15, 0.2) is 5.11 Å². The van der Waals surface area contributed by atoms with E-state index in [1.165, 1.54) is 0 Å². The quantitative estimate of drug-likeness (QED) is 0.262. The number of anilines is 1. The van der Waals surface area contributed by atoms with Gasteiger partial charge >= 0.3 is 0 Å². The molecule has 2 N–H and O–H groups in total. The fourth-order valence-electron chi connectivity index (χ4n) is 4.54. The highest BCUT2D eigenvalue weighted by atomic mass is 35.5. The van der Waals surface area contributed by atoms with Crippen LogP contribution >= 0.6 is 23.8 Å². The number of hydrogen-bond donors (Lipinski definition) is 2. The zero-order valence-corrected chi connectivity index (χ0v) is 22.1. The van der Waals surface area contributed by atoms with Crippen LogP contribution in [-0.2, 0) is 4.79 Å². The lowest BCUT2D eigenvalue weighted by molar-refractivity contribution is -0.116. The number of amides is 1. The van der Waals surface area contributed by atoms with Crippen LogP contribution in [0.4, 0.5) is 5.69 Å². The van der Waals surface area contributed by atoms with Gasteiger partial charge in [-0.3, -0.25) is 9.78 Å². The van der Waals surface area contributed by atoms with Crippen molar-refractivity contribution >= 4 is 40.5 Å². The molecule has 3 heterocycles. The molecule has 6 nitrogen and oxygen atoms in total. The Kier molecular flexibility index (Phi) is 7.26. The first-order valence-corrected chi connectivity index (χ1v) is 12.9. The van der Waals surface area contributed by atoms with Crippen LogP contribution in [0.5, 0.6) is 0 Å². The molecule has 0 unspecified atom stereocenters. The van der Waals surface area contributed by atoms with Crippen LogP contribution in [0, 0.1) is 13.8 Å². The molecule has 1 saturated heterocycles. The van der Waals surface area contributed by atoms with E-state index in [9.17, 15) is 4.79 Å². The Morgan fingerprint density at radius 1 is 1.11 bits per heavy atom. The van der Waals surface area contributed by atoms with E-state index in [1.807, 2.05) is 91.5 Å². The summed E-state index contributed by atoms with van der Waals surface area (Å²) < 4.78 is 6.37. The van der Waals surface area contributed by atoms with Crippen LogP contribution in [0.25, 0.3) is 11.3 Å². The van der Waals surface area contributed by atoms with Gasteiger partial charge in [0.2, 0.25) is 5.91 Å². The Balaban J connectivity index is 1.40. The van der Waals surface area contributed by atoms with Crippen LogP contribution < -0.4 is 10.6 Å². The lowest BCUT2D eigenvalue weighted by Crippen LogP contribution is -2.32. The average molecular weight is 531 g/mol. The molecule has 0 aliphatic carbocycles. The van der Waals surface area contributed by atoms with E-state index in [1.54, 1.807) is 6.20 Å². The molecule has 1 aliphatic rings. The Labute approximate surface area is 226 Å². The lowest BCUT2D eigenvalue weighted by atomic mass is 10.0. The zero-order chi connectivity index (χ0) is 25.9. The second kappa shape index (κ2) is 10.7. The van der Waals surface area contributed by atoms with E-state index in [2.05, 4.69) is 15.6 Å². The SMILES string of the molecule is Cc1cccc(NC(=O)CCN2C(=S)N[C@@H](c3ccccn3)[C@@H]2c2ccc(-c3ccc(C)c(Cl)c3)o2)c1. The predicted molar refractivity (Wildman–Crippen MR) is 150 cm³/mol. The van der Waals surface area contributed by atoms with Crippen molar-refractivity contribution in [3.63, 3.8) is 0 Å². The molecule has 2 aromatic heterocycles. The summed E-state index contributed by atoms with van der Waals surface area (Å²) in [5, 5.41) is 7.62. The van der Waals surface area contributed by atoms with Crippen molar-refractivity contribution in [3.05, 3.63) is 107 Å². The molecular formula is C29H27ClN4O2S. The Hall–Kier alpha value is -3.68. The van der Waals surface area contributed by atoms with Crippen molar-refractivity contribution in [2.75, 3.05) is 11.9 Å². The average Bonchev–Trinajstić information content (AvgIpc) is 3.49. The molecular weight excluding hydrogens is 504 g/mol. The summed E-state index contributed by atoms with van der Waals surface area (Å²) in [7, 11) is 0. The highest BCUT2D eigenvalue weighted by molar-refractivity contribution is 7.80. The minimum absolute atomic E-state index is 0.0807. The van der Waals surface area contributed by atoms with E-state index in [-0.39, 0.29) is 24.4 Å². The normalized spacial score (nSPS) is 17.1. The number of nitrogens with one attached hydrogen (secondary N) is 2. The topological polar surface area (TPSA) is 70.4 Å². The molecule has 0 saturated carbocycles. The standard InChI is InChI=1S/C29H27ClN4O2S/c1-18-6-5-7-21(16-18)32-26(35)13-15-34-28(27(33-29(34)37)23-8-3-4-14-31-23)25-12-11-24(36-25)20-10-9-19(2)22(30)17-20/h3-12,14,16-17,27-28H,13,15H2,1-2H3,(H,32,35)(H,33,37)/t27-,28-/m0/s1. The molecule has 37 heavy (non-hydrogen) atoms. The molecule has 0 radical (unpaired) electrons. The van der Waals surface area contributed by atoms with Crippen LogP contribution in [0.3, 0.4) is 0 Å². The van der Waals surface area contributed by atoms with Gasteiger partial charge in [-0.2, -0.15) is 0 Å². The number of rotatable bonds is 7. The number of pyridine rings is 1. The number of furan rings is 1. The number of hydrogen-bond acceptors (Lipinski definition) is 4. The third-order valence-electron chi connectivity index (χ3n) is 6.45. The molecule has 8 heteroatoms. The summed E-state index contributed by atoms with van der Waals surface area (Å²) in [5.41, 5.74) is 4.62. The fraction of sp³-hybridized carbons (Fsp3) is 0.207. The van der Waals surface area contributed by atoms with Gasteiger partial charge in [-0.1, -0.05) is 41.9 Å². The highest BCUT2D eigenvalue weighted by Crippen LogP contribution is 2.40. The van der Waals surface area contributed by atoms with Crippen molar-refractivity contribution < 1.29 is 9.21 Å². The van der Waals surface area contributed by atoms with Gasteiger partial charge in [-0.15, -0.1) is 0 Å². The van der Waals surface area contributed by atoms with Crippen molar-refractivity contribution in [3.8, 4) is 11.3 Å². The third kappa shape index (κ3) is 5.53. The minimum atomic E-state index is -0.274. The summed E-state index contributed by atoms with van der Waals surface area (Å²) in [5.74, 6) is 1.36. The van der Waals surface area contributed by atoms with E-state index in [0.29, 0.717) is 22.4 Å². The second-order valence-electron chi connectivity index (χ2n) is 9.15. The monoisotopic (exact) mass is 530 g/mol. The number of carbonyl (C=O) groups excluding carboxylic acids is 1. The van der Waals surface area contributed by atoms with Gasteiger partial charge in [-0.25, -0.2) is 0 Å². The van der Waals surface area contributed by atoms with Gasteiger partial charge in [-0.05, 0) is 79.7 Å². The zero-order valence-electron chi connectivity index (χ0n) is 20.6. The van der Waals surface area contributed by atoms with Crippen LogP contribution in [0.1, 0.15) is 41.1 Å². The largest absolute Gasteiger partial charge is 0.459 e. The molecule has 4 aromatic rings. The Morgan fingerprint density at radius 2 is 1.97 bits per heavy atom. The molecule has 1 aliphatic heterocycles. The smallest absolute Gasteiger partial charge is 0.226 e. The summed E-state index contributed by atoms with van der Waals surface area (Å²) in [6, 6.07) is 22.8. The number of aryl methyl sites for hydroxylation is 2. The number of halogens is 1. The first kappa shape index (κ1) is 25.0. The van der Waals surface area contributed by atoms with Crippen LogP contribution in [-0.4, -0.2) is 27.4 Å². The van der Waals surface area contributed by atoms with Crippen molar-refractivity contribution in [1.82, 2.24) is 15.2 Å². The lowest BCUT2D eigenvalue weighted by Gasteiger charge is -2.25. The number of carbonyl (C=O) groups is 1. The van der Waals surface area contributed by atoms with Gasteiger partial charge in [0, 0.05) is 35.4 Å². The first-order valence-electron chi connectivity index (χ1n) is 12.1. The van der Waals surface area contributed by atoms with Crippen molar-refractivity contribution in [1.29, 1.82) is 0 Å². The summed E-state index contributed by atoms with van der Waals surface area (Å²) in [4.78, 5) is 19.4. The van der Waals surface area contributed by atoms with Gasteiger partial charge < -0.3 is 20.0 Å². The van der Waals surface area contributed by atoms with E-state index in [4.69, 9.17) is 28.2 Å². The minimum Gasteiger partial charge on any atom is -0.459 e. The van der Waals surface area contributed by atoms with E-state index >= 15 is 0 Å². The number of benzene rings is 2. The maximum atomic E-state index is 12.8. The summed E-state index contributed by atoms with van der Waals surface area (Å²) >= 11 is 12.1. The molecule has 2 aromatic carbocycles. The molecule has 1 fully saturated rings. The van der Waals surface area contributed by atoms with Crippen molar-refractivity contribution in [2.45, 2.75) is 32.4 Å². The van der Waals surface area contributed by atoms with E-state index in [0.717, 1.165) is 33.8 Å². The van der Waals surface area contributed by atoms with Gasteiger partial charge in [0.25, 0.3) is 0 Å². The Bertz CT molecular complexity index is 1440. The third-order valence-corrected chi connectivity index (χ3v) is 7.21. The predicted octanol–water partition coefficient (Wildman–Crippen LogP) is 6.61. The molecule has 0 spiro atoms. The Morgan fingerprint density at radius 3 is 2.73 bits per heavy atom.